The largest absolute Gasteiger partial charge is 0.465 e. The Hall–Kier alpha value is -4.26. The molecule has 0 saturated heterocycles. The quantitative estimate of drug-likeness (QED) is 0.321. The van der Waals surface area contributed by atoms with Crippen LogP contribution in [0.3, 0.4) is 0 Å². The number of nitrogens with zero attached hydrogens (tertiary/aromatic N) is 2. The van der Waals surface area contributed by atoms with Gasteiger partial charge in [0, 0.05) is 29.8 Å². The molecule has 0 fully saturated rings. The van der Waals surface area contributed by atoms with Gasteiger partial charge in [0.2, 0.25) is 0 Å². The van der Waals surface area contributed by atoms with Gasteiger partial charge in [-0.3, -0.25) is 4.79 Å². The van der Waals surface area contributed by atoms with Crippen molar-refractivity contribution < 1.29 is 23.9 Å². The number of methoxy groups -OCH3 is 1. The van der Waals surface area contributed by atoms with E-state index in [2.05, 4.69) is 4.98 Å². The monoisotopic (exact) mass is 442 g/mol. The molecule has 7 heteroatoms. The predicted octanol–water partition coefficient (Wildman–Crippen LogP) is 4.59. The number of fused-ring (bicyclic) bond motifs is 1. The maximum atomic E-state index is 12.9. The van der Waals surface area contributed by atoms with E-state index in [9.17, 15) is 14.4 Å². The van der Waals surface area contributed by atoms with Crippen LogP contribution < -0.4 is 0 Å². The average Bonchev–Trinajstić information content (AvgIpc) is 3.23. The average molecular weight is 442 g/mol. The van der Waals surface area contributed by atoms with Crippen LogP contribution >= 0.6 is 0 Å². The van der Waals surface area contributed by atoms with E-state index in [4.69, 9.17) is 9.47 Å². The SMILES string of the molecule is COC(=O)c1c(COC(=O)c2cc(C(C)=O)cn2C)nc2ccccc2c1-c1ccccc1. The first-order valence-corrected chi connectivity index (χ1v) is 10.3. The number of ether oxygens (including phenoxy) is 2. The summed E-state index contributed by atoms with van der Waals surface area (Å²) in [6.45, 7) is 1.19. The number of rotatable bonds is 6. The molecule has 0 atom stereocenters. The van der Waals surface area contributed by atoms with Crippen molar-refractivity contribution in [2.75, 3.05) is 7.11 Å². The highest BCUT2D eigenvalue weighted by molar-refractivity contribution is 6.08. The van der Waals surface area contributed by atoms with Crippen molar-refractivity contribution in [1.82, 2.24) is 9.55 Å². The second-order valence-corrected chi connectivity index (χ2v) is 7.54. The van der Waals surface area contributed by atoms with E-state index in [-0.39, 0.29) is 29.3 Å². The van der Waals surface area contributed by atoms with E-state index >= 15 is 0 Å². The Morgan fingerprint density at radius 1 is 0.970 bits per heavy atom. The molecule has 2 aromatic carbocycles. The van der Waals surface area contributed by atoms with Gasteiger partial charge in [-0.1, -0.05) is 48.5 Å². The molecule has 0 saturated carbocycles. The standard InChI is InChI=1S/C26H22N2O5/c1-16(29)18-13-22(28(2)14-18)25(30)33-15-21-24(26(31)32-3)23(17-9-5-4-6-10-17)19-11-7-8-12-20(19)27-21/h4-14H,15H2,1-3H3. The number of Topliss-reactive ketones (excluding diaryl/α,β-unsaturated/α-hetero) is 1. The Morgan fingerprint density at radius 3 is 2.33 bits per heavy atom. The summed E-state index contributed by atoms with van der Waals surface area (Å²) in [6, 6.07) is 18.4. The summed E-state index contributed by atoms with van der Waals surface area (Å²) in [5, 5.41) is 0.785. The van der Waals surface area contributed by atoms with Crippen molar-refractivity contribution in [3.8, 4) is 11.1 Å². The first-order chi connectivity index (χ1) is 15.9. The molecule has 4 aromatic rings. The minimum Gasteiger partial charge on any atom is -0.465 e. The van der Waals surface area contributed by atoms with Gasteiger partial charge in [0.25, 0.3) is 0 Å². The van der Waals surface area contributed by atoms with Crippen LogP contribution in [0.25, 0.3) is 22.0 Å². The third kappa shape index (κ3) is 4.25. The summed E-state index contributed by atoms with van der Waals surface area (Å²) in [5.74, 6) is -1.35. The number of hydrogen-bond donors (Lipinski definition) is 0. The summed E-state index contributed by atoms with van der Waals surface area (Å²) in [5.41, 5.74) is 3.31. The van der Waals surface area contributed by atoms with Gasteiger partial charge in [-0.25, -0.2) is 14.6 Å². The first kappa shape index (κ1) is 22.0. The van der Waals surface area contributed by atoms with Crippen LogP contribution in [0.1, 0.15) is 43.8 Å². The molecule has 0 aliphatic rings. The second kappa shape index (κ2) is 9.08. The van der Waals surface area contributed by atoms with E-state index in [0.717, 1.165) is 10.9 Å². The van der Waals surface area contributed by atoms with Crippen LogP contribution in [0, 0.1) is 0 Å². The van der Waals surface area contributed by atoms with Crippen molar-refractivity contribution in [3.05, 3.63) is 89.4 Å². The molecule has 0 N–H and O–H groups in total. The molecule has 0 unspecified atom stereocenters. The lowest BCUT2D eigenvalue weighted by molar-refractivity contribution is 0.0445. The fourth-order valence-electron chi connectivity index (χ4n) is 3.76. The van der Waals surface area contributed by atoms with Crippen LogP contribution in [0.5, 0.6) is 0 Å². The van der Waals surface area contributed by atoms with Gasteiger partial charge in [0.15, 0.2) is 5.78 Å². The number of hydrogen-bond acceptors (Lipinski definition) is 6. The third-order valence-corrected chi connectivity index (χ3v) is 5.38. The smallest absolute Gasteiger partial charge is 0.355 e. The van der Waals surface area contributed by atoms with E-state index in [1.165, 1.54) is 24.7 Å². The number of ketones is 1. The number of carbonyl (C=O) groups excluding carboxylic acids is 3. The zero-order valence-corrected chi connectivity index (χ0v) is 18.5. The van der Waals surface area contributed by atoms with Gasteiger partial charge in [0.05, 0.1) is 23.9 Å². The summed E-state index contributed by atoms with van der Waals surface area (Å²) < 4.78 is 12.1. The van der Waals surface area contributed by atoms with Gasteiger partial charge in [-0.05, 0) is 24.6 Å². The molecule has 0 spiro atoms. The molecule has 2 aromatic heterocycles. The molecule has 0 aliphatic carbocycles. The Bertz CT molecular complexity index is 1370. The molecule has 0 radical (unpaired) electrons. The lowest BCUT2D eigenvalue weighted by atomic mass is 9.94. The molecule has 4 rings (SSSR count). The van der Waals surface area contributed by atoms with Crippen LogP contribution in [0.15, 0.2) is 66.9 Å². The zero-order valence-electron chi connectivity index (χ0n) is 18.5. The number of esters is 2. The van der Waals surface area contributed by atoms with E-state index in [1.807, 2.05) is 54.6 Å². The lowest BCUT2D eigenvalue weighted by Crippen LogP contribution is -2.15. The van der Waals surface area contributed by atoms with Gasteiger partial charge < -0.3 is 14.0 Å². The molecule has 0 bridgehead atoms. The molecule has 0 aliphatic heterocycles. The van der Waals surface area contributed by atoms with Gasteiger partial charge in [0.1, 0.15) is 12.3 Å². The summed E-state index contributed by atoms with van der Waals surface area (Å²) in [4.78, 5) is 41.9. The maximum absolute atomic E-state index is 12.9. The molecule has 0 amide bonds. The number of aromatic nitrogens is 2. The number of aryl methyl sites for hydroxylation is 1. The fraction of sp³-hybridized carbons (Fsp3) is 0.154. The molecular formula is C26H22N2O5. The first-order valence-electron chi connectivity index (χ1n) is 10.3. The third-order valence-electron chi connectivity index (χ3n) is 5.38. The summed E-state index contributed by atoms with van der Waals surface area (Å²) in [7, 11) is 2.96. The Labute approximate surface area is 190 Å². The highest BCUT2D eigenvalue weighted by atomic mass is 16.5. The van der Waals surface area contributed by atoms with Crippen molar-refractivity contribution in [3.63, 3.8) is 0 Å². The Morgan fingerprint density at radius 2 is 1.67 bits per heavy atom. The lowest BCUT2D eigenvalue weighted by Gasteiger charge is -2.16. The molecule has 166 valence electrons. The van der Waals surface area contributed by atoms with E-state index in [1.54, 1.807) is 13.2 Å². The molecular weight excluding hydrogens is 420 g/mol. The topological polar surface area (TPSA) is 87.5 Å². The van der Waals surface area contributed by atoms with Gasteiger partial charge in [-0.15, -0.1) is 0 Å². The number of pyridine rings is 1. The van der Waals surface area contributed by atoms with Crippen molar-refractivity contribution in [2.45, 2.75) is 13.5 Å². The van der Waals surface area contributed by atoms with Gasteiger partial charge in [-0.2, -0.15) is 0 Å². The van der Waals surface area contributed by atoms with Crippen molar-refractivity contribution >= 4 is 28.6 Å². The molecule has 33 heavy (non-hydrogen) atoms. The minimum atomic E-state index is -0.628. The predicted molar refractivity (Wildman–Crippen MR) is 123 cm³/mol. The Kier molecular flexibility index (Phi) is 6.04. The molecule has 2 heterocycles. The number of carbonyl (C=O) groups is 3. The van der Waals surface area contributed by atoms with E-state index < -0.39 is 11.9 Å². The summed E-state index contributed by atoms with van der Waals surface area (Å²) in [6.07, 6.45) is 1.57. The maximum Gasteiger partial charge on any atom is 0.355 e. The highest BCUT2D eigenvalue weighted by Crippen LogP contribution is 2.34. The van der Waals surface area contributed by atoms with Gasteiger partial charge >= 0.3 is 11.9 Å². The second-order valence-electron chi connectivity index (χ2n) is 7.54. The zero-order chi connectivity index (χ0) is 23.5. The normalized spacial score (nSPS) is 10.8. The highest BCUT2D eigenvalue weighted by Gasteiger charge is 2.24. The fourth-order valence-corrected chi connectivity index (χ4v) is 3.76. The Balaban J connectivity index is 1.80. The van der Waals surface area contributed by atoms with Crippen LogP contribution in [-0.4, -0.2) is 34.4 Å². The molecule has 7 nitrogen and oxygen atoms in total. The number of para-hydroxylation sites is 1. The van der Waals surface area contributed by atoms with Crippen LogP contribution in [0.4, 0.5) is 0 Å². The van der Waals surface area contributed by atoms with Crippen LogP contribution in [0.2, 0.25) is 0 Å². The van der Waals surface area contributed by atoms with Crippen molar-refractivity contribution in [2.24, 2.45) is 7.05 Å². The minimum absolute atomic E-state index is 0.152. The van der Waals surface area contributed by atoms with Crippen LogP contribution in [-0.2, 0) is 23.1 Å². The van der Waals surface area contributed by atoms with Crippen molar-refractivity contribution in [1.29, 1.82) is 0 Å². The summed E-state index contributed by atoms with van der Waals surface area (Å²) >= 11 is 0. The van der Waals surface area contributed by atoms with E-state index in [0.29, 0.717) is 16.6 Å². The number of benzene rings is 2.